The fourth-order valence-corrected chi connectivity index (χ4v) is 2.01. The SMILES string of the molecule is O=C(O)[C@@H]1C[C@H](Oc2ccc(Cl)c(Cl)c2)CN1. The maximum atomic E-state index is 10.7. The molecule has 0 bridgehead atoms. The van der Waals surface area contributed by atoms with E-state index in [1.54, 1.807) is 18.2 Å². The number of carboxylic acid groups (broad SMARTS) is 1. The van der Waals surface area contributed by atoms with Gasteiger partial charge in [-0.15, -0.1) is 0 Å². The topological polar surface area (TPSA) is 58.6 Å². The fourth-order valence-electron chi connectivity index (χ4n) is 1.72. The summed E-state index contributed by atoms with van der Waals surface area (Å²) in [6.45, 7) is 0.511. The van der Waals surface area contributed by atoms with E-state index in [-0.39, 0.29) is 6.10 Å². The smallest absolute Gasteiger partial charge is 0.320 e. The van der Waals surface area contributed by atoms with Gasteiger partial charge in [-0.2, -0.15) is 0 Å². The minimum atomic E-state index is -0.856. The van der Waals surface area contributed by atoms with Crippen molar-refractivity contribution in [3.05, 3.63) is 28.2 Å². The van der Waals surface area contributed by atoms with Crippen molar-refractivity contribution in [1.29, 1.82) is 0 Å². The van der Waals surface area contributed by atoms with Crippen molar-refractivity contribution in [3.8, 4) is 5.75 Å². The third kappa shape index (κ3) is 3.03. The molecule has 1 aliphatic heterocycles. The van der Waals surface area contributed by atoms with E-state index in [1.165, 1.54) is 0 Å². The van der Waals surface area contributed by atoms with Crippen LogP contribution in [0.15, 0.2) is 18.2 Å². The van der Waals surface area contributed by atoms with E-state index in [2.05, 4.69) is 5.32 Å². The Morgan fingerprint density at radius 1 is 1.41 bits per heavy atom. The molecule has 4 nitrogen and oxygen atoms in total. The third-order valence-corrected chi connectivity index (χ3v) is 3.32. The van der Waals surface area contributed by atoms with Gasteiger partial charge in [-0.25, -0.2) is 0 Å². The van der Waals surface area contributed by atoms with Crippen LogP contribution in [0.3, 0.4) is 0 Å². The second kappa shape index (κ2) is 5.12. The number of rotatable bonds is 3. The maximum absolute atomic E-state index is 10.7. The van der Waals surface area contributed by atoms with Gasteiger partial charge in [0.2, 0.25) is 0 Å². The predicted octanol–water partition coefficient (Wildman–Crippen LogP) is 2.19. The molecule has 1 aliphatic rings. The molecular formula is C11H11Cl2NO3. The Hall–Kier alpha value is -0.970. The number of aliphatic carboxylic acids is 1. The first-order valence-corrected chi connectivity index (χ1v) is 5.90. The monoisotopic (exact) mass is 275 g/mol. The summed E-state index contributed by atoms with van der Waals surface area (Å²) in [4.78, 5) is 10.7. The van der Waals surface area contributed by atoms with Crippen LogP contribution in [0.5, 0.6) is 5.75 Å². The molecule has 92 valence electrons. The highest BCUT2D eigenvalue weighted by atomic mass is 35.5. The van der Waals surface area contributed by atoms with Gasteiger partial charge in [0, 0.05) is 19.0 Å². The van der Waals surface area contributed by atoms with Crippen molar-refractivity contribution in [2.75, 3.05) is 6.54 Å². The molecule has 2 N–H and O–H groups in total. The number of nitrogens with one attached hydrogen (secondary N) is 1. The molecule has 1 saturated heterocycles. The summed E-state index contributed by atoms with van der Waals surface area (Å²) in [6, 6.07) is 4.44. The number of halogens is 2. The van der Waals surface area contributed by atoms with E-state index in [1.807, 2.05) is 0 Å². The minimum absolute atomic E-state index is 0.159. The molecule has 1 fully saturated rings. The van der Waals surface area contributed by atoms with Gasteiger partial charge in [0.25, 0.3) is 0 Å². The Morgan fingerprint density at radius 3 is 2.76 bits per heavy atom. The van der Waals surface area contributed by atoms with Crippen molar-refractivity contribution < 1.29 is 14.6 Å². The lowest BCUT2D eigenvalue weighted by atomic mass is 10.2. The van der Waals surface area contributed by atoms with Crippen molar-refractivity contribution >= 4 is 29.2 Å². The van der Waals surface area contributed by atoms with Crippen molar-refractivity contribution in [1.82, 2.24) is 5.32 Å². The molecule has 1 heterocycles. The average molecular weight is 276 g/mol. The first-order chi connectivity index (χ1) is 8.06. The number of hydrogen-bond donors (Lipinski definition) is 2. The zero-order valence-electron chi connectivity index (χ0n) is 8.82. The third-order valence-electron chi connectivity index (χ3n) is 2.58. The molecule has 6 heteroatoms. The van der Waals surface area contributed by atoms with E-state index in [0.29, 0.717) is 28.8 Å². The van der Waals surface area contributed by atoms with Crippen LogP contribution >= 0.6 is 23.2 Å². The summed E-state index contributed by atoms with van der Waals surface area (Å²) in [5, 5.41) is 12.6. The molecule has 2 rings (SSSR count). The summed E-state index contributed by atoms with van der Waals surface area (Å²) in [7, 11) is 0. The number of carbonyl (C=O) groups is 1. The molecule has 1 aromatic rings. The quantitative estimate of drug-likeness (QED) is 0.888. The van der Waals surface area contributed by atoms with E-state index in [4.69, 9.17) is 33.0 Å². The second-order valence-corrected chi connectivity index (χ2v) is 4.66. The molecule has 0 radical (unpaired) electrons. The lowest BCUT2D eigenvalue weighted by Gasteiger charge is -2.12. The molecular weight excluding hydrogens is 265 g/mol. The first kappa shape index (κ1) is 12.5. The van der Waals surface area contributed by atoms with E-state index in [9.17, 15) is 4.79 Å². The van der Waals surface area contributed by atoms with E-state index >= 15 is 0 Å². The predicted molar refractivity (Wildman–Crippen MR) is 64.9 cm³/mol. The second-order valence-electron chi connectivity index (χ2n) is 3.85. The van der Waals surface area contributed by atoms with Gasteiger partial charge in [-0.05, 0) is 12.1 Å². The molecule has 0 aliphatic carbocycles. The molecule has 0 aromatic heterocycles. The molecule has 0 unspecified atom stereocenters. The van der Waals surface area contributed by atoms with Gasteiger partial charge >= 0.3 is 5.97 Å². The van der Waals surface area contributed by atoms with E-state index in [0.717, 1.165) is 0 Å². The summed E-state index contributed by atoms with van der Waals surface area (Å²) in [5.41, 5.74) is 0. The van der Waals surface area contributed by atoms with Crippen LogP contribution in [-0.2, 0) is 4.79 Å². The summed E-state index contributed by atoms with van der Waals surface area (Å²) in [5.74, 6) is -0.262. The zero-order valence-corrected chi connectivity index (χ0v) is 10.3. The Labute approximate surface area is 108 Å². The standard InChI is InChI=1S/C11H11Cl2NO3/c12-8-2-1-6(3-9(8)13)17-7-4-10(11(15)16)14-5-7/h1-3,7,10,14H,4-5H2,(H,15,16)/t7-,10-/m0/s1. The summed E-state index contributed by atoms with van der Waals surface area (Å²) >= 11 is 11.6. The highest BCUT2D eigenvalue weighted by Crippen LogP contribution is 2.27. The zero-order chi connectivity index (χ0) is 12.4. The Balaban J connectivity index is 1.98. The number of ether oxygens (including phenoxy) is 1. The molecule has 0 amide bonds. The van der Waals surface area contributed by atoms with Gasteiger partial charge < -0.3 is 15.2 Å². The molecule has 0 saturated carbocycles. The molecule has 17 heavy (non-hydrogen) atoms. The lowest BCUT2D eigenvalue weighted by molar-refractivity contribution is -0.139. The van der Waals surface area contributed by atoms with Crippen molar-refractivity contribution in [3.63, 3.8) is 0 Å². The summed E-state index contributed by atoms with van der Waals surface area (Å²) < 4.78 is 5.62. The van der Waals surface area contributed by atoms with Crippen molar-refractivity contribution in [2.24, 2.45) is 0 Å². The fraction of sp³-hybridized carbons (Fsp3) is 0.364. The van der Waals surface area contributed by atoms with Gasteiger partial charge in [0.1, 0.15) is 17.9 Å². The Morgan fingerprint density at radius 2 is 2.18 bits per heavy atom. The normalized spacial score (nSPS) is 23.6. The Kier molecular flexibility index (Phi) is 3.76. The van der Waals surface area contributed by atoms with Gasteiger partial charge in [-0.3, -0.25) is 4.79 Å². The first-order valence-electron chi connectivity index (χ1n) is 5.14. The van der Waals surface area contributed by atoms with Crippen LogP contribution in [0.1, 0.15) is 6.42 Å². The maximum Gasteiger partial charge on any atom is 0.320 e. The van der Waals surface area contributed by atoms with Gasteiger partial charge in [0.15, 0.2) is 0 Å². The Bertz CT molecular complexity index is 439. The van der Waals surface area contributed by atoms with Crippen LogP contribution in [0.25, 0.3) is 0 Å². The highest BCUT2D eigenvalue weighted by molar-refractivity contribution is 6.42. The lowest BCUT2D eigenvalue weighted by Crippen LogP contribution is -2.30. The van der Waals surface area contributed by atoms with Crippen LogP contribution in [0.2, 0.25) is 10.0 Å². The van der Waals surface area contributed by atoms with Crippen LogP contribution in [0, 0.1) is 0 Å². The average Bonchev–Trinajstić information content (AvgIpc) is 2.72. The van der Waals surface area contributed by atoms with Crippen LogP contribution in [0.4, 0.5) is 0 Å². The molecule has 2 atom stereocenters. The highest BCUT2D eigenvalue weighted by Gasteiger charge is 2.30. The van der Waals surface area contributed by atoms with Crippen LogP contribution in [-0.4, -0.2) is 29.8 Å². The van der Waals surface area contributed by atoms with Crippen molar-refractivity contribution in [2.45, 2.75) is 18.6 Å². The number of carboxylic acids is 1. The number of benzene rings is 1. The largest absolute Gasteiger partial charge is 0.489 e. The van der Waals surface area contributed by atoms with Crippen LogP contribution < -0.4 is 10.1 Å². The number of hydrogen-bond acceptors (Lipinski definition) is 3. The van der Waals surface area contributed by atoms with Gasteiger partial charge in [0.05, 0.1) is 10.0 Å². The van der Waals surface area contributed by atoms with Gasteiger partial charge in [-0.1, -0.05) is 23.2 Å². The summed E-state index contributed by atoms with van der Waals surface area (Å²) in [6.07, 6.45) is 0.281. The molecule has 1 aromatic carbocycles. The minimum Gasteiger partial charge on any atom is -0.489 e. The molecule has 0 spiro atoms. The van der Waals surface area contributed by atoms with E-state index < -0.39 is 12.0 Å².